The van der Waals surface area contributed by atoms with Crippen molar-refractivity contribution < 1.29 is 0 Å². The normalized spacial score (nSPS) is 12.4. The first-order valence-electron chi connectivity index (χ1n) is 5.65. The van der Waals surface area contributed by atoms with Crippen molar-refractivity contribution in [2.24, 2.45) is 0 Å². The number of hydrogen-bond donors (Lipinski definition) is 2. The minimum Gasteiger partial charge on any atom is -0.373 e. The Morgan fingerprint density at radius 3 is 3.00 bits per heavy atom. The van der Waals surface area contributed by atoms with E-state index in [1.54, 1.807) is 18.6 Å². The van der Waals surface area contributed by atoms with Gasteiger partial charge in [-0.05, 0) is 29.8 Å². The van der Waals surface area contributed by atoms with E-state index in [1.165, 1.54) is 4.68 Å². The summed E-state index contributed by atoms with van der Waals surface area (Å²) in [6, 6.07) is -0.0324. The predicted octanol–water partition coefficient (Wildman–Crippen LogP) is 1.92. The molecule has 18 heavy (non-hydrogen) atoms. The standard InChI is InChI=1S/C11H14BrN5O/c1-3-17-11(18)9(12)8(6-15-17)16-7(2)10-13-4-5-14-10/h4-7,16H,3H2,1-2H3,(H,13,14). The molecule has 0 spiro atoms. The molecule has 0 saturated heterocycles. The van der Waals surface area contributed by atoms with Crippen LogP contribution in [0.3, 0.4) is 0 Å². The summed E-state index contributed by atoms with van der Waals surface area (Å²) in [5.41, 5.74) is 0.516. The van der Waals surface area contributed by atoms with Crippen LogP contribution < -0.4 is 10.9 Å². The van der Waals surface area contributed by atoms with Crippen molar-refractivity contribution in [1.29, 1.82) is 0 Å². The zero-order chi connectivity index (χ0) is 13.1. The molecule has 1 unspecified atom stereocenters. The minimum absolute atomic E-state index is 0.0324. The van der Waals surface area contributed by atoms with E-state index in [-0.39, 0.29) is 11.6 Å². The second-order valence-electron chi connectivity index (χ2n) is 3.83. The molecule has 0 radical (unpaired) electrons. The molecule has 6 nitrogen and oxygen atoms in total. The largest absolute Gasteiger partial charge is 0.373 e. The molecule has 0 aliphatic heterocycles. The van der Waals surface area contributed by atoms with Crippen LogP contribution in [0.1, 0.15) is 25.7 Å². The number of rotatable bonds is 4. The fourth-order valence-electron chi connectivity index (χ4n) is 1.61. The van der Waals surface area contributed by atoms with Crippen LogP contribution in [0.4, 0.5) is 5.69 Å². The summed E-state index contributed by atoms with van der Waals surface area (Å²) in [7, 11) is 0. The predicted molar refractivity (Wildman–Crippen MR) is 72.5 cm³/mol. The molecular formula is C11H14BrN5O. The molecule has 0 aliphatic carbocycles. The molecule has 2 aromatic rings. The maximum Gasteiger partial charge on any atom is 0.283 e. The molecule has 1 atom stereocenters. The molecular weight excluding hydrogens is 298 g/mol. The number of aromatic nitrogens is 4. The summed E-state index contributed by atoms with van der Waals surface area (Å²) in [5.74, 6) is 0.807. The van der Waals surface area contributed by atoms with Gasteiger partial charge in [0.1, 0.15) is 10.3 Å². The molecule has 2 aromatic heterocycles. The smallest absolute Gasteiger partial charge is 0.283 e. The van der Waals surface area contributed by atoms with Crippen molar-refractivity contribution in [2.45, 2.75) is 26.4 Å². The number of H-pyrrole nitrogens is 1. The third-order valence-corrected chi connectivity index (χ3v) is 3.35. The lowest BCUT2D eigenvalue weighted by Crippen LogP contribution is -2.24. The SMILES string of the molecule is CCn1ncc(NC(C)c2ncc[nH]2)c(Br)c1=O. The van der Waals surface area contributed by atoms with Crippen LogP contribution in [0, 0.1) is 0 Å². The maximum absolute atomic E-state index is 11.9. The topological polar surface area (TPSA) is 75.6 Å². The van der Waals surface area contributed by atoms with E-state index in [9.17, 15) is 4.79 Å². The molecule has 7 heteroatoms. The Balaban J connectivity index is 2.25. The number of aryl methyl sites for hydroxylation is 1. The van der Waals surface area contributed by atoms with Gasteiger partial charge < -0.3 is 10.3 Å². The zero-order valence-electron chi connectivity index (χ0n) is 10.1. The van der Waals surface area contributed by atoms with Crippen LogP contribution in [0.25, 0.3) is 0 Å². The van der Waals surface area contributed by atoms with E-state index in [0.717, 1.165) is 5.82 Å². The maximum atomic E-state index is 11.9. The molecule has 0 amide bonds. The molecule has 2 heterocycles. The van der Waals surface area contributed by atoms with E-state index in [0.29, 0.717) is 16.7 Å². The number of imidazole rings is 1. The fourth-order valence-corrected chi connectivity index (χ4v) is 2.03. The first kappa shape index (κ1) is 12.8. The van der Waals surface area contributed by atoms with Crippen LogP contribution >= 0.6 is 15.9 Å². The number of anilines is 1. The van der Waals surface area contributed by atoms with Crippen molar-refractivity contribution in [2.75, 3.05) is 5.32 Å². The second kappa shape index (κ2) is 5.34. The Kier molecular flexibility index (Phi) is 3.81. The van der Waals surface area contributed by atoms with Crippen LogP contribution in [0.5, 0.6) is 0 Å². The first-order valence-corrected chi connectivity index (χ1v) is 6.44. The van der Waals surface area contributed by atoms with Crippen LogP contribution in [0.2, 0.25) is 0 Å². The van der Waals surface area contributed by atoms with E-state index in [2.05, 4.69) is 36.3 Å². The van der Waals surface area contributed by atoms with E-state index in [1.807, 2.05) is 13.8 Å². The minimum atomic E-state index is -0.144. The van der Waals surface area contributed by atoms with Crippen LogP contribution in [-0.2, 0) is 6.54 Å². The quantitative estimate of drug-likeness (QED) is 0.904. The average molecular weight is 312 g/mol. The summed E-state index contributed by atoms with van der Waals surface area (Å²) >= 11 is 3.30. The molecule has 2 N–H and O–H groups in total. The number of aromatic amines is 1. The zero-order valence-corrected chi connectivity index (χ0v) is 11.7. The van der Waals surface area contributed by atoms with Gasteiger partial charge in [0.2, 0.25) is 0 Å². The Morgan fingerprint density at radius 1 is 1.61 bits per heavy atom. The van der Waals surface area contributed by atoms with Gasteiger partial charge in [-0.3, -0.25) is 4.79 Å². The Bertz CT molecular complexity index is 578. The van der Waals surface area contributed by atoms with E-state index >= 15 is 0 Å². The second-order valence-corrected chi connectivity index (χ2v) is 4.63. The molecule has 96 valence electrons. The number of nitrogens with one attached hydrogen (secondary N) is 2. The molecule has 0 aromatic carbocycles. The Hall–Kier alpha value is -1.63. The highest BCUT2D eigenvalue weighted by atomic mass is 79.9. The van der Waals surface area contributed by atoms with Crippen molar-refractivity contribution in [3.63, 3.8) is 0 Å². The summed E-state index contributed by atoms with van der Waals surface area (Å²) in [6.07, 6.45) is 5.08. The molecule has 0 aliphatic rings. The van der Waals surface area contributed by atoms with Crippen LogP contribution in [-0.4, -0.2) is 19.7 Å². The summed E-state index contributed by atoms with van der Waals surface area (Å²) in [4.78, 5) is 19.1. The highest BCUT2D eigenvalue weighted by molar-refractivity contribution is 9.10. The van der Waals surface area contributed by atoms with Gasteiger partial charge in [0, 0.05) is 18.9 Å². The van der Waals surface area contributed by atoms with Gasteiger partial charge in [-0.15, -0.1) is 0 Å². The Labute approximate surface area is 113 Å². The van der Waals surface area contributed by atoms with Gasteiger partial charge in [-0.2, -0.15) is 5.10 Å². The van der Waals surface area contributed by atoms with E-state index in [4.69, 9.17) is 0 Å². The monoisotopic (exact) mass is 311 g/mol. The van der Waals surface area contributed by atoms with Gasteiger partial charge in [0.25, 0.3) is 5.56 Å². The highest BCUT2D eigenvalue weighted by Gasteiger charge is 2.12. The summed E-state index contributed by atoms with van der Waals surface area (Å²) in [5, 5.41) is 7.26. The van der Waals surface area contributed by atoms with Gasteiger partial charge in [0.05, 0.1) is 17.9 Å². The lowest BCUT2D eigenvalue weighted by Gasteiger charge is -2.14. The summed E-state index contributed by atoms with van der Waals surface area (Å²) < 4.78 is 1.88. The van der Waals surface area contributed by atoms with Crippen molar-refractivity contribution in [3.05, 3.63) is 39.2 Å². The van der Waals surface area contributed by atoms with E-state index < -0.39 is 0 Å². The fraction of sp³-hybridized carbons (Fsp3) is 0.364. The summed E-state index contributed by atoms with van der Waals surface area (Å²) in [6.45, 7) is 4.38. The highest BCUT2D eigenvalue weighted by Crippen LogP contribution is 2.21. The number of nitrogens with zero attached hydrogens (tertiary/aromatic N) is 3. The van der Waals surface area contributed by atoms with Crippen LogP contribution in [0.15, 0.2) is 27.9 Å². The Morgan fingerprint density at radius 2 is 2.39 bits per heavy atom. The molecule has 0 fully saturated rings. The molecule has 2 rings (SSSR count). The van der Waals surface area contributed by atoms with Gasteiger partial charge in [-0.1, -0.05) is 0 Å². The van der Waals surface area contributed by atoms with Crippen molar-refractivity contribution in [3.8, 4) is 0 Å². The first-order chi connectivity index (χ1) is 8.63. The number of hydrogen-bond acceptors (Lipinski definition) is 4. The molecule has 0 saturated carbocycles. The van der Waals surface area contributed by atoms with Gasteiger partial charge in [-0.25, -0.2) is 9.67 Å². The van der Waals surface area contributed by atoms with Gasteiger partial charge >= 0.3 is 0 Å². The lowest BCUT2D eigenvalue weighted by molar-refractivity contribution is 0.612. The number of halogens is 1. The van der Waals surface area contributed by atoms with Crippen molar-refractivity contribution >= 4 is 21.6 Å². The third kappa shape index (κ3) is 2.45. The lowest BCUT2D eigenvalue weighted by atomic mass is 10.3. The average Bonchev–Trinajstić information content (AvgIpc) is 2.89. The van der Waals surface area contributed by atoms with Crippen molar-refractivity contribution in [1.82, 2.24) is 19.7 Å². The third-order valence-electron chi connectivity index (χ3n) is 2.59. The van der Waals surface area contributed by atoms with Gasteiger partial charge in [0.15, 0.2) is 0 Å². The molecule has 0 bridgehead atoms.